The molecule has 1 N–H and O–H groups in total. The Morgan fingerprint density at radius 1 is 1.03 bits per heavy atom. The van der Waals surface area contributed by atoms with E-state index < -0.39 is 0 Å². The molecule has 9 heteroatoms. The van der Waals surface area contributed by atoms with Crippen molar-refractivity contribution in [1.82, 2.24) is 14.8 Å². The highest BCUT2D eigenvalue weighted by Gasteiger charge is 2.21. The van der Waals surface area contributed by atoms with Crippen LogP contribution < -0.4 is 19.5 Å². The Hall–Kier alpha value is -4.01. The average molecular weight is 465 g/mol. The Morgan fingerprint density at radius 2 is 1.71 bits per heavy atom. The van der Waals surface area contributed by atoms with Crippen molar-refractivity contribution in [1.29, 1.82) is 0 Å². The molecule has 0 atom stereocenters. The molecule has 0 bridgehead atoms. The Kier molecular flexibility index (Phi) is 6.19. The first-order chi connectivity index (χ1) is 16.3. The first-order valence-electron chi connectivity index (χ1n) is 10.8. The van der Waals surface area contributed by atoms with Crippen molar-refractivity contribution in [3.63, 3.8) is 0 Å². The molecular formula is C25H28N4O5. The monoisotopic (exact) mass is 464 g/mol. The van der Waals surface area contributed by atoms with Gasteiger partial charge in [-0.05, 0) is 39.8 Å². The van der Waals surface area contributed by atoms with Gasteiger partial charge in [-0.25, -0.2) is 9.67 Å². The zero-order chi connectivity index (χ0) is 24.6. The number of rotatable bonds is 7. The molecule has 0 aliphatic rings. The molecule has 0 radical (unpaired) electrons. The molecular weight excluding hydrogens is 436 g/mol. The molecule has 9 nitrogen and oxygen atoms in total. The number of aromatic nitrogens is 3. The molecule has 178 valence electrons. The molecule has 1 amide bonds. The van der Waals surface area contributed by atoms with E-state index in [1.807, 2.05) is 33.8 Å². The third kappa shape index (κ3) is 4.05. The summed E-state index contributed by atoms with van der Waals surface area (Å²) in [6.45, 7) is 7.79. The molecule has 4 aromatic rings. The van der Waals surface area contributed by atoms with E-state index in [0.29, 0.717) is 45.2 Å². The van der Waals surface area contributed by atoms with Gasteiger partial charge in [0.1, 0.15) is 11.5 Å². The molecule has 0 saturated carbocycles. The fourth-order valence-electron chi connectivity index (χ4n) is 3.96. The van der Waals surface area contributed by atoms with Gasteiger partial charge in [0.05, 0.1) is 44.2 Å². The van der Waals surface area contributed by atoms with E-state index in [9.17, 15) is 4.79 Å². The lowest BCUT2D eigenvalue weighted by Crippen LogP contribution is -2.14. The van der Waals surface area contributed by atoms with Crippen LogP contribution in [-0.4, -0.2) is 42.0 Å². The molecule has 3 aromatic heterocycles. The van der Waals surface area contributed by atoms with Gasteiger partial charge >= 0.3 is 0 Å². The van der Waals surface area contributed by atoms with Crippen molar-refractivity contribution in [3.8, 4) is 28.5 Å². The van der Waals surface area contributed by atoms with Gasteiger partial charge in [0.2, 0.25) is 5.75 Å². The number of pyridine rings is 1. The number of amides is 1. The first kappa shape index (κ1) is 23.2. The third-order valence-electron chi connectivity index (χ3n) is 5.54. The molecule has 3 heterocycles. The maximum Gasteiger partial charge on any atom is 0.256 e. The van der Waals surface area contributed by atoms with Crippen molar-refractivity contribution in [2.75, 3.05) is 26.6 Å². The fourth-order valence-corrected chi connectivity index (χ4v) is 3.96. The average Bonchev–Trinajstić information content (AvgIpc) is 3.39. The Morgan fingerprint density at radius 3 is 2.24 bits per heavy atom. The highest BCUT2D eigenvalue weighted by Crippen LogP contribution is 2.40. The Labute approximate surface area is 197 Å². The summed E-state index contributed by atoms with van der Waals surface area (Å²) < 4.78 is 23.7. The maximum absolute atomic E-state index is 13.5. The second kappa shape index (κ2) is 9.09. The van der Waals surface area contributed by atoms with Gasteiger partial charge < -0.3 is 23.9 Å². The van der Waals surface area contributed by atoms with E-state index in [0.717, 1.165) is 17.1 Å². The second-order valence-electron chi connectivity index (χ2n) is 8.17. The van der Waals surface area contributed by atoms with Gasteiger partial charge in [-0.1, -0.05) is 0 Å². The number of ether oxygens (including phenoxy) is 3. The smallest absolute Gasteiger partial charge is 0.256 e. The third-order valence-corrected chi connectivity index (χ3v) is 5.54. The second-order valence-corrected chi connectivity index (χ2v) is 8.17. The van der Waals surface area contributed by atoms with Crippen molar-refractivity contribution < 1.29 is 23.4 Å². The standard InChI is InChI=1S/C25H28N4O5/c1-13(2)29-24-19(12-26-29)18(11-20(28-24)17-8-14(3)34-15(17)4)25(30)27-16-9-21(31-5)23(33-7)22(10-16)32-6/h8-13H,1-7H3,(H,27,30). The van der Waals surface area contributed by atoms with Crippen LogP contribution in [0, 0.1) is 13.8 Å². The number of methoxy groups -OCH3 is 3. The van der Waals surface area contributed by atoms with Crippen LogP contribution >= 0.6 is 0 Å². The summed E-state index contributed by atoms with van der Waals surface area (Å²) in [4.78, 5) is 18.4. The van der Waals surface area contributed by atoms with Crippen LogP contribution in [0.4, 0.5) is 5.69 Å². The lowest BCUT2D eigenvalue weighted by atomic mass is 10.1. The zero-order valence-electron chi connectivity index (χ0n) is 20.3. The SMILES string of the molecule is COc1cc(NC(=O)c2cc(-c3cc(C)oc3C)nc3c2cnn3C(C)C)cc(OC)c1OC. The van der Waals surface area contributed by atoms with Gasteiger partial charge in [0.25, 0.3) is 5.91 Å². The largest absolute Gasteiger partial charge is 0.493 e. The number of benzene rings is 1. The number of aryl methyl sites for hydroxylation is 2. The minimum atomic E-state index is -0.316. The van der Waals surface area contributed by atoms with Gasteiger partial charge in [0.15, 0.2) is 17.1 Å². The molecule has 34 heavy (non-hydrogen) atoms. The molecule has 4 rings (SSSR count). The van der Waals surface area contributed by atoms with Crippen molar-refractivity contribution in [2.45, 2.75) is 33.7 Å². The highest BCUT2D eigenvalue weighted by atomic mass is 16.5. The number of nitrogens with zero attached hydrogens (tertiary/aromatic N) is 3. The Balaban J connectivity index is 1.84. The minimum absolute atomic E-state index is 0.0680. The summed E-state index contributed by atoms with van der Waals surface area (Å²) in [6, 6.07) is 7.11. The normalized spacial score (nSPS) is 11.2. The number of fused-ring (bicyclic) bond motifs is 1. The van der Waals surface area contributed by atoms with Gasteiger partial charge in [-0.3, -0.25) is 4.79 Å². The maximum atomic E-state index is 13.5. The van der Waals surface area contributed by atoms with E-state index in [4.69, 9.17) is 23.6 Å². The quantitative estimate of drug-likeness (QED) is 0.403. The lowest BCUT2D eigenvalue weighted by Gasteiger charge is -2.15. The summed E-state index contributed by atoms with van der Waals surface area (Å²) in [5.41, 5.74) is 3.04. The van der Waals surface area contributed by atoms with E-state index in [2.05, 4.69) is 10.4 Å². The van der Waals surface area contributed by atoms with Gasteiger partial charge in [-0.2, -0.15) is 5.10 Å². The molecule has 1 aromatic carbocycles. The molecule has 0 unspecified atom stereocenters. The van der Waals surface area contributed by atoms with Crippen LogP contribution in [0.1, 0.15) is 41.8 Å². The van der Waals surface area contributed by atoms with E-state index in [-0.39, 0.29) is 11.9 Å². The number of hydrogen-bond acceptors (Lipinski definition) is 7. The fraction of sp³-hybridized carbons (Fsp3) is 0.320. The van der Waals surface area contributed by atoms with E-state index in [1.165, 1.54) is 21.3 Å². The van der Waals surface area contributed by atoms with Crippen LogP contribution in [-0.2, 0) is 0 Å². The minimum Gasteiger partial charge on any atom is -0.493 e. The Bertz CT molecular complexity index is 1340. The summed E-state index contributed by atoms with van der Waals surface area (Å²) in [7, 11) is 4.58. The summed E-state index contributed by atoms with van der Waals surface area (Å²) in [5, 5.41) is 8.08. The number of nitrogens with one attached hydrogen (secondary N) is 1. The number of carbonyl (C=O) groups is 1. The first-order valence-corrected chi connectivity index (χ1v) is 10.8. The summed E-state index contributed by atoms with van der Waals surface area (Å²) >= 11 is 0. The number of anilines is 1. The van der Waals surface area contributed by atoms with Crippen molar-refractivity contribution in [3.05, 3.63) is 47.5 Å². The van der Waals surface area contributed by atoms with Crippen molar-refractivity contribution in [2.24, 2.45) is 0 Å². The number of furan rings is 1. The molecule has 0 saturated heterocycles. The lowest BCUT2D eigenvalue weighted by molar-refractivity contribution is 0.102. The van der Waals surface area contributed by atoms with Gasteiger partial charge in [-0.15, -0.1) is 0 Å². The summed E-state index contributed by atoms with van der Waals surface area (Å²) in [5.74, 6) is 2.51. The number of hydrogen-bond donors (Lipinski definition) is 1. The van der Waals surface area contributed by atoms with Crippen molar-refractivity contribution >= 4 is 22.6 Å². The predicted octanol–water partition coefficient (Wildman–Crippen LogP) is 5.17. The van der Waals surface area contributed by atoms with Crippen LogP contribution in [0.2, 0.25) is 0 Å². The topological polar surface area (TPSA) is 101 Å². The van der Waals surface area contributed by atoms with Crippen LogP contribution in [0.5, 0.6) is 17.2 Å². The van der Waals surface area contributed by atoms with Crippen LogP contribution in [0.3, 0.4) is 0 Å². The zero-order valence-corrected chi connectivity index (χ0v) is 20.3. The van der Waals surface area contributed by atoms with Gasteiger partial charge in [0, 0.05) is 29.4 Å². The van der Waals surface area contributed by atoms with Crippen LogP contribution in [0.15, 0.2) is 34.9 Å². The van der Waals surface area contributed by atoms with E-state index in [1.54, 1.807) is 29.1 Å². The predicted molar refractivity (Wildman–Crippen MR) is 129 cm³/mol. The molecule has 0 fully saturated rings. The molecule has 0 spiro atoms. The molecule has 0 aliphatic heterocycles. The molecule has 0 aliphatic carbocycles. The highest BCUT2D eigenvalue weighted by molar-refractivity contribution is 6.12. The van der Waals surface area contributed by atoms with Crippen LogP contribution in [0.25, 0.3) is 22.3 Å². The number of carbonyl (C=O) groups excluding carboxylic acids is 1. The van der Waals surface area contributed by atoms with E-state index >= 15 is 0 Å². The summed E-state index contributed by atoms with van der Waals surface area (Å²) in [6.07, 6.45) is 1.67.